The molecule has 0 unspecified atom stereocenters. The fraction of sp³-hybridized carbons (Fsp3) is 0.188. The molecule has 0 atom stereocenters. The number of aryl methyl sites for hydroxylation is 2. The van der Waals surface area contributed by atoms with Crippen molar-refractivity contribution in [2.45, 2.75) is 19.9 Å². The summed E-state index contributed by atoms with van der Waals surface area (Å²) in [5.74, 6) is -0.989. The minimum atomic E-state index is -0.989. The Balaban J connectivity index is 2.26. The van der Waals surface area contributed by atoms with Gasteiger partial charge in [0.1, 0.15) is 5.02 Å². The fourth-order valence-electron chi connectivity index (χ4n) is 2.21. The maximum absolute atomic E-state index is 12.1. The highest BCUT2D eigenvalue weighted by Gasteiger charge is 2.11. The molecule has 0 aliphatic carbocycles. The van der Waals surface area contributed by atoms with Crippen molar-refractivity contribution in [3.05, 3.63) is 68.1 Å². The van der Waals surface area contributed by atoms with Crippen LogP contribution >= 0.6 is 11.6 Å². The van der Waals surface area contributed by atoms with E-state index in [0.717, 1.165) is 5.56 Å². The molecule has 2 aromatic rings. The fourth-order valence-corrected chi connectivity index (χ4v) is 2.48. The first kappa shape index (κ1) is 16.0. The average Bonchev–Trinajstić information content (AvgIpc) is 2.49. The van der Waals surface area contributed by atoms with E-state index in [1.165, 1.54) is 22.8 Å². The molecule has 0 saturated heterocycles. The molecule has 0 aliphatic heterocycles. The van der Waals surface area contributed by atoms with Crippen LogP contribution in [0.25, 0.3) is 0 Å². The Morgan fingerprint density at radius 1 is 1.32 bits per heavy atom. The Morgan fingerprint density at radius 3 is 2.50 bits per heavy atom. The summed E-state index contributed by atoms with van der Waals surface area (Å²) in [5.41, 5.74) is 1.60. The Hall–Kier alpha value is -2.40. The quantitative estimate of drug-likeness (QED) is 0.859. The number of pyridine rings is 1. The zero-order valence-electron chi connectivity index (χ0n) is 11.9. The number of carboxylic acid groups (broad SMARTS) is 1. The summed E-state index contributed by atoms with van der Waals surface area (Å²) in [6.45, 7) is 2.01. The molecule has 1 aromatic carbocycles. The molecule has 5 nitrogen and oxygen atoms in total. The van der Waals surface area contributed by atoms with Crippen LogP contribution in [0.4, 0.5) is 0 Å². The summed E-state index contributed by atoms with van der Waals surface area (Å²) in [6, 6.07) is 7.86. The van der Waals surface area contributed by atoms with Gasteiger partial charge in [-0.05, 0) is 42.7 Å². The van der Waals surface area contributed by atoms with Gasteiger partial charge in [0, 0.05) is 6.54 Å². The third-order valence-electron chi connectivity index (χ3n) is 3.42. The van der Waals surface area contributed by atoms with Crippen molar-refractivity contribution in [1.29, 1.82) is 0 Å². The molecule has 0 saturated carbocycles. The van der Waals surface area contributed by atoms with Gasteiger partial charge in [0.05, 0.1) is 11.3 Å². The van der Waals surface area contributed by atoms with Crippen molar-refractivity contribution in [3.63, 3.8) is 0 Å². The minimum Gasteiger partial charge on any atom is -0.478 e. The molecule has 0 spiro atoms. The summed E-state index contributed by atoms with van der Waals surface area (Å²) >= 11 is 5.87. The van der Waals surface area contributed by atoms with E-state index < -0.39 is 11.5 Å². The molecular formula is C16H14ClNO4. The highest BCUT2D eigenvalue weighted by molar-refractivity contribution is 6.30. The molecule has 1 N–H and O–H groups in total. The van der Waals surface area contributed by atoms with Crippen LogP contribution in [0.2, 0.25) is 5.02 Å². The van der Waals surface area contributed by atoms with Gasteiger partial charge in [0.15, 0.2) is 6.29 Å². The van der Waals surface area contributed by atoms with Gasteiger partial charge in [0.2, 0.25) is 0 Å². The van der Waals surface area contributed by atoms with E-state index >= 15 is 0 Å². The number of aromatic nitrogens is 1. The lowest BCUT2D eigenvalue weighted by atomic mass is 10.1. The molecule has 0 amide bonds. The molecule has 0 aliphatic rings. The normalized spacial score (nSPS) is 10.5. The molecule has 6 heteroatoms. The second-order valence-electron chi connectivity index (χ2n) is 4.89. The first-order valence-electron chi connectivity index (χ1n) is 6.61. The first-order valence-corrected chi connectivity index (χ1v) is 6.99. The third kappa shape index (κ3) is 3.26. The molecule has 0 bridgehead atoms. The Kier molecular flexibility index (Phi) is 4.78. The van der Waals surface area contributed by atoms with E-state index in [9.17, 15) is 14.4 Å². The lowest BCUT2D eigenvalue weighted by Crippen LogP contribution is -2.25. The van der Waals surface area contributed by atoms with Crippen LogP contribution in [0, 0.1) is 6.92 Å². The molecule has 1 aromatic heterocycles. The number of hydrogen-bond acceptors (Lipinski definition) is 3. The van der Waals surface area contributed by atoms with Gasteiger partial charge < -0.3 is 9.67 Å². The highest BCUT2D eigenvalue weighted by Crippen LogP contribution is 2.11. The Bertz CT molecular complexity index is 778. The molecule has 2 rings (SSSR count). The molecule has 22 heavy (non-hydrogen) atoms. The van der Waals surface area contributed by atoms with Crippen LogP contribution in [0.5, 0.6) is 0 Å². The van der Waals surface area contributed by atoms with Crippen LogP contribution in [-0.4, -0.2) is 21.9 Å². The summed E-state index contributed by atoms with van der Waals surface area (Å²) in [7, 11) is 0. The molecule has 114 valence electrons. The van der Waals surface area contributed by atoms with Gasteiger partial charge in [-0.25, -0.2) is 4.79 Å². The lowest BCUT2D eigenvalue weighted by Gasteiger charge is -2.12. The van der Waals surface area contributed by atoms with E-state index in [1.54, 1.807) is 19.1 Å². The van der Waals surface area contributed by atoms with Gasteiger partial charge in [-0.1, -0.05) is 23.7 Å². The largest absolute Gasteiger partial charge is 0.478 e. The van der Waals surface area contributed by atoms with Crippen LogP contribution in [0.15, 0.2) is 35.1 Å². The summed E-state index contributed by atoms with van der Waals surface area (Å²) in [5, 5.41) is 8.92. The van der Waals surface area contributed by atoms with Gasteiger partial charge in [-0.2, -0.15) is 0 Å². The van der Waals surface area contributed by atoms with Crippen molar-refractivity contribution >= 4 is 23.9 Å². The number of aldehydes is 1. The molecular weight excluding hydrogens is 306 g/mol. The number of benzene rings is 1. The number of carbonyl (C=O) groups excluding carboxylic acids is 1. The van der Waals surface area contributed by atoms with Crippen LogP contribution in [0.3, 0.4) is 0 Å². The molecule has 0 fully saturated rings. The van der Waals surface area contributed by atoms with Crippen molar-refractivity contribution in [2.24, 2.45) is 0 Å². The van der Waals surface area contributed by atoms with Crippen molar-refractivity contribution in [3.8, 4) is 0 Å². The number of hydrogen-bond donors (Lipinski definition) is 1. The smallest absolute Gasteiger partial charge is 0.335 e. The van der Waals surface area contributed by atoms with E-state index in [0.29, 0.717) is 30.5 Å². The van der Waals surface area contributed by atoms with Crippen LogP contribution < -0.4 is 5.56 Å². The summed E-state index contributed by atoms with van der Waals surface area (Å²) in [6.07, 6.45) is 1.13. The Morgan fingerprint density at radius 2 is 1.95 bits per heavy atom. The van der Waals surface area contributed by atoms with E-state index in [4.69, 9.17) is 16.7 Å². The number of carbonyl (C=O) groups is 2. The van der Waals surface area contributed by atoms with E-state index in [2.05, 4.69) is 0 Å². The number of carboxylic acids is 1. The number of halogens is 1. The van der Waals surface area contributed by atoms with Crippen LogP contribution in [0.1, 0.15) is 32.0 Å². The summed E-state index contributed by atoms with van der Waals surface area (Å²) in [4.78, 5) is 34.0. The maximum Gasteiger partial charge on any atom is 0.335 e. The van der Waals surface area contributed by atoms with Gasteiger partial charge in [-0.3, -0.25) is 9.59 Å². The highest BCUT2D eigenvalue weighted by atomic mass is 35.5. The predicted molar refractivity (Wildman–Crippen MR) is 82.9 cm³/mol. The number of aromatic carboxylic acids is 1. The van der Waals surface area contributed by atoms with Crippen LogP contribution in [-0.2, 0) is 13.0 Å². The standard InChI is InChI=1S/C16H14ClNO4/c1-10-8-13(17)15(20)18(14(10)9-19)7-6-11-2-4-12(5-3-11)16(21)22/h2-5,8-9H,6-7H2,1H3,(H,21,22). The predicted octanol–water partition coefficient (Wildman–Crippen LogP) is 2.56. The van der Waals surface area contributed by atoms with Crippen molar-refractivity contribution in [1.82, 2.24) is 4.57 Å². The molecule has 0 radical (unpaired) electrons. The second kappa shape index (κ2) is 6.58. The zero-order chi connectivity index (χ0) is 16.3. The van der Waals surface area contributed by atoms with E-state index in [1.807, 2.05) is 0 Å². The topological polar surface area (TPSA) is 76.4 Å². The lowest BCUT2D eigenvalue weighted by molar-refractivity contribution is 0.0696. The minimum absolute atomic E-state index is 0.0734. The number of rotatable bonds is 5. The van der Waals surface area contributed by atoms with Gasteiger partial charge in [0.25, 0.3) is 5.56 Å². The summed E-state index contributed by atoms with van der Waals surface area (Å²) < 4.78 is 1.34. The maximum atomic E-state index is 12.1. The molecule has 1 heterocycles. The zero-order valence-corrected chi connectivity index (χ0v) is 12.6. The SMILES string of the molecule is Cc1cc(Cl)c(=O)n(CCc2ccc(C(=O)O)cc2)c1C=O. The van der Waals surface area contributed by atoms with Gasteiger partial charge >= 0.3 is 5.97 Å². The Labute approximate surface area is 131 Å². The monoisotopic (exact) mass is 319 g/mol. The van der Waals surface area contributed by atoms with Crippen molar-refractivity contribution in [2.75, 3.05) is 0 Å². The van der Waals surface area contributed by atoms with Gasteiger partial charge in [-0.15, -0.1) is 0 Å². The van der Waals surface area contributed by atoms with E-state index in [-0.39, 0.29) is 10.6 Å². The average molecular weight is 320 g/mol. The second-order valence-corrected chi connectivity index (χ2v) is 5.29. The third-order valence-corrected chi connectivity index (χ3v) is 3.69. The number of nitrogens with zero attached hydrogens (tertiary/aromatic N) is 1. The first-order chi connectivity index (χ1) is 10.4. The van der Waals surface area contributed by atoms with Crippen molar-refractivity contribution < 1.29 is 14.7 Å².